The topological polar surface area (TPSA) is 90.0 Å². The van der Waals surface area contributed by atoms with E-state index in [1.807, 2.05) is 0 Å². The van der Waals surface area contributed by atoms with E-state index in [-0.39, 0.29) is 34.0 Å². The van der Waals surface area contributed by atoms with Crippen LogP contribution in [0.1, 0.15) is 35.6 Å². The van der Waals surface area contributed by atoms with Gasteiger partial charge in [0.25, 0.3) is 5.91 Å². The van der Waals surface area contributed by atoms with Gasteiger partial charge >= 0.3 is 5.92 Å². The Bertz CT molecular complexity index is 1640. The summed E-state index contributed by atoms with van der Waals surface area (Å²) in [7, 11) is 1.59. The molecule has 0 aliphatic carbocycles. The normalized spacial score (nSPS) is 12.1. The first-order valence-electron chi connectivity index (χ1n) is 10.9. The Morgan fingerprint density at radius 1 is 1.00 bits per heavy atom. The number of rotatable bonds is 5. The third-order valence-corrected chi connectivity index (χ3v) is 5.52. The molecule has 0 saturated carbocycles. The molecule has 5 aromatic rings. The number of hydrogen-bond acceptors (Lipinski definition) is 5. The molecular weight excluding hydrogens is 478 g/mol. The van der Waals surface area contributed by atoms with Crippen molar-refractivity contribution in [3.8, 4) is 11.3 Å². The predicted molar refractivity (Wildman–Crippen MR) is 122 cm³/mol. The van der Waals surface area contributed by atoms with Crippen LogP contribution in [0.3, 0.4) is 0 Å². The number of aryl methyl sites for hydroxylation is 1. The molecule has 8 nitrogen and oxygen atoms in total. The molecule has 0 bridgehead atoms. The fourth-order valence-electron chi connectivity index (χ4n) is 3.87. The first-order chi connectivity index (χ1) is 17.0. The summed E-state index contributed by atoms with van der Waals surface area (Å²) in [5.74, 6) is -7.24. The van der Waals surface area contributed by atoms with E-state index in [0.717, 1.165) is 22.7 Å². The maximum Gasteiger partial charge on any atom is 0.336 e. The zero-order valence-electron chi connectivity index (χ0n) is 19.3. The van der Waals surface area contributed by atoms with Crippen LogP contribution in [-0.2, 0) is 13.0 Å². The summed E-state index contributed by atoms with van der Waals surface area (Å²) >= 11 is 0. The highest BCUT2D eigenvalue weighted by Crippen LogP contribution is 2.38. The highest BCUT2D eigenvalue weighted by atomic mass is 19.3. The molecule has 0 atom stereocenters. The number of benzene rings is 2. The molecule has 0 spiro atoms. The van der Waals surface area contributed by atoms with Crippen molar-refractivity contribution in [2.24, 2.45) is 7.05 Å². The zero-order valence-corrected chi connectivity index (χ0v) is 19.3. The molecule has 0 saturated heterocycles. The van der Waals surface area contributed by atoms with Crippen LogP contribution in [0.2, 0.25) is 0 Å². The number of halogens is 4. The van der Waals surface area contributed by atoms with Gasteiger partial charge in [0.15, 0.2) is 5.65 Å². The number of fused-ring (bicyclic) bond motifs is 2. The van der Waals surface area contributed by atoms with Gasteiger partial charge < -0.3 is 5.32 Å². The fourth-order valence-corrected chi connectivity index (χ4v) is 3.87. The van der Waals surface area contributed by atoms with Crippen LogP contribution in [0.25, 0.3) is 27.8 Å². The summed E-state index contributed by atoms with van der Waals surface area (Å²) in [6.07, 6.45) is 1.49. The van der Waals surface area contributed by atoms with Crippen LogP contribution in [0.15, 0.2) is 48.7 Å². The van der Waals surface area contributed by atoms with E-state index in [4.69, 9.17) is 0 Å². The monoisotopic (exact) mass is 497 g/mol. The van der Waals surface area contributed by atoms with Gasteiger partial charge in [-0.15, -0.1) is 10.2 Å². The molecule has 36 heavy (non-hydrogen) atoms. The van der Waals surface area contributed by atoms with E-state index in [9.17, 15) is 13.6 Å². The maximum atomic E-state index is 15.6. The Labute approximate surface area is 201 Å². The smallest absolute Gasteiger partial charge is 0.336 e. The van der Waals surface area contributed by atoms with Crippen molar-refractivity contribution in [1.29, 1.82) is 0 Å². The van der Waals surface area contributed by atoms with E-state index in [1.165, 1.54) is 35.1 Å². The van der Waals surface area contributed by atoms with Gasteiger partial charge in [-0.05, 0) is 50.2 Å². The molecule has 12 heteroatoms. The summed E-state index contributed by atoms with van der Waals surface area (Å²) in [6.45, 7) is 3.55. The van der Waals surface area contributed by atoms with Gasteiger partial charge in [-0.3, -0.25) is 9.48 Å². The van der Waals surface area contributed by atoms with Crippen molar-refractivity contribution in [3.05, 3.63) is 77.2 Å². The van der Waals surface area contributed by atoms with Gasteiger partial charge in [0.1, 0.15) is 11.6 Å². The van der Waals surface area contributed by atoms with E-state index in [1.54, 1.807) is 20.9 Å². The summed E-state index contributed by atoms with van der Waals surface area (Å²) in [5, 5.41) is 18.4. The molecule has 0 unspecified atom stereocenters. The van der Waals surface area contributed by atoms with Crippen LogP contribution >= 0.6 is 0 Å². The Hall–Kier alpha value is -4.35. The second-order valence-corrected chi connectivity index (χ2v) is 8.60. The quantitative estimate of drug-likeness (QED) is 0.367. The third kappa shape index (κ3) is 3.93. The Kier molecular flexibility index (Phi) is 5.46. The van der Waals surface area contributed by atoms with Crippen LogP contribution in [0.4, 0.5) is 17.6 Å². The lowest BCUT2D eigenvalue weighted by molar-refractivity contribution is 0.0270. The summed E-state index contributed by atoms with van der Waals surface area (Å²) in [5.41, 5.74) is -0.661. The number of carbonyl (C=O) groups excluding carboxylic acids is 1. The minimum Gasteiger partial charge on any atom is -0.350 e. The van der Waals surface area contributed by atoms with Crippen LogP contribution in [-0.4, -0.2) is 41.5 Å². The maximum absolute atomic E-state index is 15.6. The summed E-state index contributed by atoms with van der Waals surface area (Å²) < 4.78 is 62.9. The Morgan fingerprint density at radius 3 is 2.50 bits per heavy atom. The van der Waals surface area contributed by atoms with Crippen LogP contribution < -0.4 is 5.32 Å². The number of hydrogen-bond donors (Lipinski definition) is 1. The van der Waals surface area contributed by atoms with Crippen molar-refractivity contribution in [3.63, 3.8) is 0 Å². The first-order valence-corrected chi connectivity index (χ1v) is 10.9. The lowest BCUT2D eigenvalue weighted by Crippen LogP contribution is -2.30. The fraction of sp³-hybridized carbons (Fsp3) is 0.208. The van der Waals surface area contributed by atoms with Crippen LogP contribution in [0, 0.1) is 11.6 Å². The van der Waals surface area contributed by atoms with Crippen molar-refractivity contribution in [2.45, 2.75) is 25.8 Å². The number of nitrogens with one attached hydrogen (secondary N) is 1. The number of alkyl halides is 2. The standard InChI is InChI=1S/C24H19F4N7O/c1-12(2)29-22(36)13-4-5-15(17(25)9-13)19-6-7-21-30-31-23(35(21)33-19)24(27,28)16-8-14-11-34(3)32-20(14)10-18(16)26/h4-12H,1-3H3,(H,29,36). The zero-order chi connectivity index (χ0) is 25.8. The number of aromatic nitrogens is 6. The molecule has 0 radical (unpaired) electrons. The Balaban J connectivity index is 1.57. The third-order valence-electron chi connectivity index (χ3n) is 5.52. The van der Waals surface area contributed by atoms with Gasteiger partial charge in [0.2, 0.25) is 5.82 Å². The molecule has 3 heterocycles. The molecule has 2 aromatic carbocycles. The minimum atomic E-state index is -3.92. The van der Waals surface area contributed by atoms with Crippen molar-refractivity contribution in [1.82, 2.24) is 34.9 Å². The average Bonchev–Trinajstić information content (AvgIpc) is 3.40. The van der Waals surface area contributed by atoms with Gasteiger partial charge in [-0.25, -0.2) is 8.78 Å². The number of amides is 1. The van der Waals surface area contributed by atoms with Crippen molar-refractivity contribution >= 4 is 22.5 Å². The largest absolute Gasteiger partial charge is 0.350 e. The molecule has 184 valence electrons. The molecule has 0 aliphatic rings. The van der Waals surface area contributed by atoms with Crippen molar-refractivity contribution in [2.75, 3.05) is 0 Å². The SMILES string of the molecule is CC(C)NC(=O)c1ccc(-c2ccc3nnc(C(F)(F)c4cc5cn(C)nc5cc4F)n3n2)c(F)c1. The van der Waals surface area contributed by atoms with E-state index in [2.05, 4.69) is 25.7 Å². The average molecular weight is 497 g/mol. The first kappa shape index (κ1) is 23.4. The van der Waals surface area contributed by atoms with Crippen molar-refractivity contribution < 1.29 is 22.4 Å². The molecule has 3 aromatic heterocycles. The van der Waals surface area contributed by atoms with E-state index in [0.29, 0.717) is 5.39 Å². The summed E-state index contributed by atoms with van der Waals surface area (Å²) in [6, 6.07) is 8.30. The molecule has 5 rings (SSSR count). The van der Waals surface area contributed by atoms with Gasteiger partial charge in [0.05, 0.1) is 16.8 Å². The number of carbonyl (C=O) groups is 1. The second-order valence-electron chi connectivity index (χ2n) is 8.60. The summed E-state index contributed by atoms with van der Waals surface area (Å²) in [4.78, 5) is 12.2. The van der Waals surface area contributed by atoms with Gasteiger partial charge in [-0.2, -0.15) is 23.5 Å². The molecule has 0 aliphatic heterocycles. The molecular formula is C24H19F4N7O. The van der Waals surface area contributed by atoms with E-state index >= 15 is 8.78 Å². The van der Waals surface area contributed by atoms with Gasteiger partial charge in [-0.1, -0.05) is 0 Å². The van der Waals surface area contributed by atoms with Crippen LogP contribution in [0.5, 0.6) is 0 Å². The number of nitrogens with zero attached hydrogens (tertiary/aromatic N) is 6. The van der Waals surface area contributed by atoms with E-state index < -0.39 is 34.9 Å². The minimum absolute atomic E-state index is 0.00384. The molecule has 1 N–H and O–H groups in total. The Morgan fingerprint density at radius 2 is 1.78 bits per heavy atom. The highest BCUT2D eigenvalue weighted by Gasteiger charge is 2.42. The predicted octanol–water partition coefficient (Wildman–Crippen LogP) is 4.23. The second kappa shape index (κ2) is 8.40. The highest BCUT2D eigenvalue weighted by molar-refractivity contribution is 5.94. The van der Waals surface area contributed by atoms with Gasteiger partial charge in [0, 0.05) is 41.9 Å². The molecule has 0 fully saturated rings. The lowest BCUT2D eigenvalue weighted by atomic mass is 10.0. The molecule has 1 amide bonds. The lowest BCUT2D eigenvalue weighted by Gasteiger charge is -2.15.